The molecule has 0 fully saturated rings. The number of rotatable bonds is 6. The summed E-state index contributed by atoms with van der Waals surface area (Å²) in [6.45, 7) is 5.77. The van der Waals surface area contributed by atoms with Gasteiger partial charge in [0, 0.05) is 11.1 Å². The summed E-state index contributed by atoms with van der Waals surface area (Å²) in [5, 5.41) is 3.87. The number of carbonyl (C=O) groups is 1. The van der Waals surface area contributed by atoms with E-state index < -0.39 is 6.10 Å². The summed E-state index contributed by atoms with van der Waals surface area (Å²) in [4.78, 5) is 11.9. The van der Waals surface area contributed by atoms with Gasteiger partial charge in [0.05, 0.1) is 5.02 Å². The third-order valence-corrected chi connectivity index (χ3v) is 3.43. The highest BCUT2D eigenvalue weighted by Crippen LogP contribution is 2.28. The Kier molecular flexibility index (Phi) is 6.46. The lowest BCUT2D eigenvalue weighted by atomic mass is 10.1. The Morgan fingerprint density at radius 2 is 1.95 bits per heavy atom. The molecular weight excluding hydrogens is 285 g/mol. The molecule has 5 heteroatoms. The SMILES string of the molecule is CCC(CC)NC(=O)[C@@H](C)Oc1ccc(Cl)cc1Cl. The summed E-state index contributed by atoms with van der Waals surface area (Å²) in [6.07, 6.45) is 1.20. The maximum absolute atomic E-state index is 11.9. The molecule has 0 bridgehead atoms. The normalized spacial score (nSPS) is 12.3. The van der Waals surface area contributed by atoms with Gasteiger partial charge in [-0.3, -0.25) is 4.79 Å². The molecule has 1 aromatic carbocycles. The van der Waals surface area contributed by atoms with Gasteiger partial charge in [-0.05, 0) is 38.0 Å². The maximum Gasteiger partial charge on any atom is 0.260 e. The van der Waals surface area contributed by atoms with E-state index in [4.69, 9.17) is 27.9 Å². The zero-order valence-corrected chi connectivity index (χ0v) is 12.9. The van der Waals surface area contributed by atoms with Crippen molar-refractivity contribution >= 4 is 29.1 Å². The lowest BCUT2D eigenvalue weighted by Crippen LogP contribution is -2.42. The predicted octanol–water partition coefficient (Wildman–Crippen LogP) is 4.07. The van der Waals surface area contributed by atoms with Gasteiger partial charge in [0.2, 0.25) is 0 Å². The highest BCUT2D eigenvalue weighted by molar-refractivity contribution is 6.35. The molecular formula is C14H19Cl2NO2. The van der Waals surface area contributed by atoms with Crippen LogP contribution in [0.3, 0.4) is 0 Å². The van der Waals surface area contributed by atoms with Gasteiger partial charge in [-0.25, -0.2) is 0 Å². The fourth-order valence-corrected chi connectivity index (χ4v) is 2.08. The third kappa shape index (κ3) is 4.92. The summed E-state index contributed by atoms with van der Waals surface area (Å²) < 4.78 is 5.55. The number of halogens is 2. The van der Waals surface area contributed by atoms with Gasteiger partial charge in [-0.1, -0.05) is 37.0 Å². The first-order valence-corrected chi connectivity index (χ1v) is 7.15. The molecule has 0 aliphatic rings. The van der Waals surface area contributed by atoms with Crippen LogP contribution in [0.1, 0.15) is 33.6 Å². The Hall–Kier alpha value is -0.930. The van der Waals surface area contributed by atoms with Crippen LogP contribution in [0, 0.1) is 0 Å². The Morgan fingerprint density at radius 3 is 2.47 bits per heavy atom. The van der Waals surface area contributed by atoms with Crippen LogP contribution < -0.4 is 10.1 Å². The molecule has 19 heavy (non-hydrogen) atoms. The number of ether oxygens (including phenoxy) is 1. The van der Waals surface area contributed by atoms with E-state index in [0.29, 0.717) is 15.8 Å². The lowest BCUT2D eigenvalue weighted by molar-refractivity contribution is -0.128. The predicted molar refractivity (Wildman–Crippen MR) is 79.1 cm³/mol. The zero-order chi connectivity index (χ0) is 14.4. The fourth-order valence-electron chi connectivity index (χ4n) is 1.63. The van der Waals surface area contributed by atoms with Gasteiger partial charge in [0.25, 0.3) is 5.91 Å². The third-order valence-electron chi connectivity index (χ3n) is 2.90. The summed E-state index contributed by atoms with van der Waals surface area (Å²) >= 11 is 11.8. The summed E-state index contributed by atoms with van der Waals surface area (Å²) in [5.41, 5.74) is 0. The molecule has 0 heterocycles. The number of hydrogen-bond donors (Lipinski definition) is 1. The number of amides is 1. The van der Waals surface area contributed by atoms with Crippen LogP contribution in [0.25, 0.3) is 0 Å². The molecule has 0 saturated heterocycles. The van der Waals surface area contributed by atoms with E-state index in [1.54, 1.807) is 25.1 Å². The highest BCUT2D eigenvalue weighted by Gasteiger charge is 2.18. The second-order valence-electron chi connectivity index (χ2n) is 4.36. The van der Waals surface area contributed by atoms with E-state index in [-0.39, 0.29) is 11.9 Å². The first kappa shape index (κ1) is 16.1. The number of nitrogens with one attached hydrogen (secondary N) is 1. The van der Waals surface area contributed by atoms with Crippen LogP contribution in [0.2, 0.25) is 10.0 Å². The van der Waals surface area contributed by atoms with Crippen molar-refractivity contribution in [3.63, 3.8) is 0 Å². The van der Waals surface area contributed by atoms with Crippen molar-refractivity contribution in [1.82, 2.24) is 5.32 Å². The summed E-state index contributed by atoms with van der Waals surface area (Å²) in [6, 6.07) is 5.10. The van der Waals surface area contributed by atoms with Crippen molar-refractivity contribution in [2.45, 2.75) is 45.8 Å². The number of hydrogen-bond acceptors (Lipinski definition) is 2. The van der Waals surface area contributed by atoms with Crippen LogP contribution in [-0.4, -0.2) is 18.1 Å². The first-order chi connectivity index (χ1) is 8.97. The van der Waals surface area contributed by atoms with Crippen molar-refractivity contribution in [1.29, 1.82) is 0 Å². The Bertz CT molecular complexity index is 433. The van der Waals surface area contributed by atoms with E-state index >= 15 is 0 Å². The van der Waals surface area contributed by atoms with Gasteiger partial charge in [-0.15, -0.1) is 0 Å². The molecule has 0 spiro atoms. The summed E-state index contributed by atoms with van der Waals surface area (Å²) in [7, 11) is 0. The highest BCUT2D eigenvalue weighted by atomic mass is 35.5. The van der Waals surface area contributed by atoms with E-state index in [1.165, 1.54) is 0 Å². The molecule has 1 aromatic rings. The molecule has 1 N–H and O–H groups in total. The topological polar surface area (TPSA) is 38.3 Å². The standard InChI is InChI=1S/C14H19Cl2NO2/c1-4-11(5-2)17-14(18)9(3)19-13-7-6-10(15)8-12(13)16/h6-9,11H,4-5H2,1-3H3,(H,17,18)/t9-/m1/s1. The second-order valence-corrected chi connectivity index (χ2v) is 5.20. The largest absolute Gasteiger partial charge is 0.479 e. The van der Waals surface area contributed by atoms with Crippen LogP contribution in [0.4, 0.5) is 0 Å². The Morgan fingerprint density at radius 1 is 1.32 bits per heavy atom. The molecule has 0 saturated carbocycles. The van der Waals surface area contributed by atoms with E-state index in [9.17, 15) is 4.79 Å². The van der Waals surface area contributed by atoms with Crippen molar-refractivity contribution < 1.29 is 9.53 Å². The van der Waals surface area contributed by atoms with Gasteiger partial charge in [0.15, 0.2) is 6.10 Å². The molecule has 1 amide bonds. The Labute approximate surface area is 124 Å². The van der Waals surface area contributed by atoms with Crippen LogP contribution in [0.5, 0.6) is 5.75 Å². The quantitative estimate of drug-likeness (QED) is 0.860. The molecule has 1 rings (SSSR count). The maximum atomic E-state index is 11.9. The van der Waals surface area contributed by atoms with Crippen LogP contribution in [-0.2, 0) is 4.79 Å². The van der Waals surface area contributed by atoms with Crippen LogP contribution in [0.15, 0.2) is 18.2 Å². The van der Waals surface area contributed by atoms with Crippen molar-refractivity contribution in [3.05, 3.63) is 28.2 Å². The lowest BCUT2D eigenvalue weighted by Gasteiger charge is -2.19. The molecule has 0 aromatic heterocycles. The second kappa shape index (κ2) is 7.61. The minimum Gasteiger partial charge on any atom is -0.479 e. The monoisotopic (exact) mass is 303 g/mol. The average Bonchev–Trinajstić information content (AvgIpc) is 2.38. The zero-order valence-electron chi connectivity index (χ0n) is 11.4. The van der Waals surface area contributed by atoms with Gasteiger partial charge >= 0.3 is 0 Å². The van der Waals surface area contributed by atoms with Gasteiger partial charge < -0.3 is 10.1 Å². The van der Waals surface area contributed by atoms with E-state index in [0.717, 1.165) is 12.8 Å². The van der Waals surface area contributed by atoms with Crippen molar-refractivity contribution in [2.75, 3.05) is 0 Å². The number of carbonyl (C=O) groups excluding carboxylic acids is 1. The average molecular weight is 304 g/mol. The van der Waals surface area contributed by atoms with Crippen molar-refractivity contribution in [3.8, 4) is 5.75 Å². The fraction of sp³-hybridized carbons (Fsp3) is 0.500. The van der Waals surface area contributed by atoms with Crippen LogP contribution >= 0.6 is 23.2 Å². The molecule has 0 aliphatic heterocycles. The van der Waals surface area contributed by atoms with Gasteiger partial charge in [-0.2, -0.15) is 0 Å². The minimum atomic E-state index is -0.598. The molecule has 1 atom stereocenters. The van der Waals surface area contributed by atoms with E-state index in [2.05, 4.69) is 5.32 Å². The number of benzene rings is 1. The smallest absolute Gasteiger partial charge is 0.260 e. The molecule has 3 nitrogen and oxygen atoms in total. The molecule has 0 radical (unpaired) electrons. The molecule has 106 valence electrons. The van der Waals surface area contributed by atoms with E-state index in [1.807, 2.05) is 13.8 Å². The van der Waals surface area contributed by atoms with Crippen molar-refractivity contribution in [2.24, 2.45) is 0 Å². The molecule has 0 aliphatic carbocycles. The molecule has 0 unspecified atom stereocenters. The first-order valence-electron chi connectivity index (χ1n) is 6.40. The minimum absolute atomic E-state index is 0.139. The summed E-state index contributed by atoms with van der Waals surface area (Å²) in [5.74, 6) is 0.318. The Balaban J connectivity index is 2.63. The van der Waals surface area contributed by atoms with Gasteiger partial charge in [0.1, 0.15) is 5.75 Å².